The predicted molar refractivity (Wildman–Crippen MR) is 87.8 cm³/mol. The van der Waals surface area contributed by atoms with Crippen molar-refractivity contribution in [3.63, 3.8) is 0 Å². The average molecular weight is 376 g/mol. The van der Waals surface area contributed by atoms with E-state index in [1.165, 1.54) is 0 Å². The van der Waals surface area contributed by atoms with Crippen LogP contribution in [-0.4, -0.2) is 60.1 Å². The summed E-state index contributed by atoms with van der Waals surface area (Å²) < 4.78 is 0.711. The Balaban J connectivity index is 2.16. The molecule has 0 atom stereocenters. The van der Waals surface area contributed by atoms with E-state index in [0.717, 1.165) is 25.9 Å². The molecule has 0 spiro atoms. The molecular weight excluding hydrogens is 356 g/mol. The van der Waals surface area contributed by atoms with Gasteiger partial charge in [0.05, 0.1) is 11.6 Å². The summed E-state index contributed by atoms with van der Waals surface area (Å²) >= 11 is 9.32. The van der Waals surface area contributed by atoms with Crippen molar-refractivity contribution in [2.45, 2.75) is 18.9 Å². The van der Waals surface area contributed by atoms with Crippen LogP contribution in [0.3, 0.4) is 0 Å². The van der Waals surface area contributed by atoms with Crippen molar-refractivity contribution in [2.75, 3.05) is 33.3 Å². The zero-order valence-electron chi connectivity index (χ0n) is 12.1. The maximum Gasteiger partial charge on any atom is 0.254 e. The number of aliphatic hydroxyl groups excluding tert-OH is 1. The molecule has 0 aliphatic carbocycles. The Labute approximate surface area is 138 Å². The van der Waals surface area contributed by atoms with Gasteiger partial charge < -0.3 is 14.9 Å². The van der Waals surface area contributed by atoms with E-state index >= 15 is 0 Å². The van der Waals surface area contributed by atoms with Gasteiger partial charge in [0.1, 0.15) is 0 Å². The summed E-state index contributed by atoms with van der Waals surface area (Å²) in [5, 5.41) is 9.86. The topological polar surface area (TPSA) is 43.8 Å². The zero-order valence-corrected chi connectivity index (χ0v) is 14.4. The van der Waals surface area contributed by atoms with E-state index in [1.54, 1.807) is 23.1 Å². The first-order valence-corrected chi connectivity index (χ1v) is 8.25. The Morgan fingerprint density at radius 1 is 1.48 bits per heavy atom. The number of hydrogen-bond acceptors (Lipinski definition) is 3. The summed E-state index contributed by atoms with van der Waals surface area (Å²) in [7, 11) is 2.09. The van der Waals surface area contributed by atoms with Crippen LogP contribution in [0, 0.1) is 0 Å². The standard InChI is InChI=1S/C15H20BrClN2O2/c1-18-6-4-12(5-7-18)19(8-9-20)15(21)11-2-3-14(17)13(16)10-11/h2-3,10,12,20H,4-9H2,1H3. The van der Waals surface area contributed by atoms with Crippen LogP contribution in [0.1, 0.15) is 23.2 Å². The number of nitrogens with zero attached hydrogens (tertiary/aromatic N) is 2. The number of carbonyl (C=O) groups is 1. The summed E-state index contributed by atoms with van der Waals surface area (Å²) in [6.45, 7) is 2.30. The second kappa shape index (κ2) is 7.58. The van der Waals surface area contributed by atoms with Gasteiger partial charge in [0, 0.05) is 22.6 Å². The summed E-state index contributed by atoms with van der Waals surface area (Å²) in [4.78, 5) is 16.8. The Kier molecular flexibility index (Phi) is 6.05. The van der Waals surface area contributed by atoms with Crippen molar-refractivity contribution < 1.29 is 9.90 Å². The number of likely N-dealkylation sites (tertiary alicyclic amines) is 1. The number of amides is 1. The number of aliphatic hydroxyl groups is 1. The molecule has 0 unspecified atom stereocenters. The molecule has 1 saturated heterocycles. The normalized spacial score (nSPS) is 17.0. The number of hydrogen-bond donors (Lipinski definition) is 1. The van der Waals surface area contributed by atoms with Gasteiger partial charge in [-0.3, -0.25) is 4.79 Å². The SMILES string of the molecule is CN1CCC(N(CCO)C(=O)c2ccc(Cl)c(Br)c2)CC1. The minimum absolute atomic E-state index is 0.0210. The first kappa shape index (κ1) is 16.7. The van der Waals surface area contributed by atoms with E-state index in [-0.39, 0.29) is 18.6 Å². The Hall–Kier alpha value is -0.620. The van der Waals surface area contributed by atoms with Crippen molar-refractivity contribution in [3.05, 3.63) is 33.3 Å². The lowest BCUT2D eigenvalue weighted by Crippen LogP contribution is -2.47. The monoisotopic (exact) mass is 374 g/mol. The molecule has 21 heavy (non-hydrogen) atoms. The van der Waals surface area contributed by atoms with E-state index in [9.17, 15) is 9.90 Å². The number of halogens is 2. The fourth-order valence-electron chi connectivity index (χ4n) is 2.66. The van der Waals surface area contributed by atoms with Gasteiger partial charge in [0.2, 0.25) is 0 Å². The molecule has 1 aromatic rings. The second-order valence-electron chi connectivity index (χ2n) is 5.39. The minimum atomic E-state index is -0.0454. The molecule has 116 valence electrons. The molecule has 1 fully saturated rings. The summed E-state index contributed by atoms with van der Waals surface area (Å²) in [5.74, 6) is -0.0454. The summed E-state index contributed by atoms with van der Waals surface area (Å²) in [5.41, 5.74) is 0.596. The molecule has 1 amide bonds. The Bertz CT molecular complexity index is 504. The van der Waals surface area contributed by atoms with Gasteiger partial charge in [0.15, 0.2) is 0 Å². The molecule has 1 aliphatic heterocycles. The van der Waals surface area contributed by atoms with Gasteiger partial charge in [-0.05, 0) is 67.1 Å². The molecule has 1 heterocycles. The van der Waals surface area contributed by atoms with E-state index < -0.39 is 0 Å². The molecule has 0 radical (unpaired) electrons. The van der Waals surface area contributed by atoms with Crippen LogP contribution in [0.5, 0.6) is 0 Å². The molecule has 1 aromatic carbocycles. The van der Waals surface area contributed by atoms with Gasteiger partial charge >= 0.3 is 0 Å². The maximum atomic E-state index is 12.7. The molecule has 0 aromatic heterocycles. The largest absolute Gasteiger partial charge is 0.395 e. The fourth-order valence-corrected chi connectivity index (χ4v) is 3.16. The molecular formula is C15H20BrClN2O2. The van der Waals surface area contributed by atoms with E-state index in [0.29, 0.717) is 21.6 Å². The molecule has 1 N–H and O–H groups in total. The van der Waals surface area contributed by atoms with Crippen molar-refractivity contribution in [1.82, 2.24) is 9.80 Å². The lowest BCUT2D eigenvalue weighted by molar-refractivity contribution is 0.0540. The van der Waals surface area contributed by atoms with Crippen LogP contribution in [0.2, 0.25) is 5.02 Å². The van der Waals surface area contributed by atoms with Crippen molar-refractivity contribution in [2.24, 2.45) is 0 Å². The Morgan fingerprint density at radius 2 is 2.14 bits per heavy atom. The highest BCUT2D eigenvalue weighted by Crippen LogP contribution is 2.25. The van der Waals surface area contributed by atoms with Crippen LogP contribution in [0.4, 0.5) is 0 Å². The van der Waals surface area contributed by atoms with Crippen molar-refractivity contribution in [3.8, 4) is 0 Å². The lowest BCUT2D eigenvalue weighted by atomic mass is 10.0. The van der Waals surface area contributed by atoms with Gasteiger partial charge in [-0.25, -0.2) is 0 Å². The van der Waals surface area contributed by atoms with Crippen LogP contribution < -0.4 is 0 Å². The molecule has 2 rings (SSSR count). The predicted octanol–water partition coefficient (Wildman–Crippen LogP) is 2.63. The van der Waals surface area contributed by atoms with E-state index in [4.69, 9.17) is 11.6 Å². The lowest BCUT2D eigenvalue weighted by Gasteiger charge is -2.37. The van der Waals surface area contributed by atoms with Crippen LogP contribution in [-0.2, 0) is 0 Å². The van der Waals surface area contributed by atoms with E-state index in [1.807, 2.05) is 0 Å². The third kappa shape index (κ3) is 4.19. The molecule has 0 bridgehead atoms. The summed E-state index contributed by atoms with van der Waals surface area (Å²) in [6, 6.07) is 5.37. The number of piperidine rings is 1. The number of rotatable bonds is 4. The second-order valence-corrected chi connectivity index (χ2v) is 6.65. The van der Waals surface area contributed by atoms with Crippen LogP contribution >= 0.6 is 27.5 Å². The Morgan fingerprint density at radius 3 is 2.71 bits per heavy atom. The third-order valence-corrected chi connectivity index (χ3v) is 5.11. The van der Waals surface area contributed by atoms with Gasteiger partial charge in [-0.1, -0.05) is 11.6 Å². The number of benzene rings is 1. The third-order valence-electron chi connectivity index (χ3n) is 3.90. The van der Waals surface area contributed by atoms with Gasteiger partial charge in [-0.15, -0.1) is 0 Å². The fraction of sp³-hybridized carbons (Fsp3) is 0.533. The maximum absolute atomic E-state index is 12.7. The highest BCUT2D eigenvalue weighted by molar-refractivity contribution is 9.10. The van der Waals surface area contributed by atoms with Crippen LogP contribution in [0.15, 0.2) is 22.7 Å². The zero-order chi connectivity index (χ0) is 15.4. The van der Waals surface area contributed by atoms with Crippen molar-refractivity contribution in [1.29, 1.82) is 0 Å². The van der Waals surface area contributed by atoms with E-state index in [2.05, 4.69) is 27.9 Å². The average Bonchev–Trinajstić information content (AvgIpc) is 2.48. The number of carbonyl (C=O) groups excluding carboxylic acids is 1. The minimum Gasteiger partial charge on any atom is -0.395 e. The van der Waals surface area contributed by atoms with Crippen LogP contribution in [0.25, 0.3) is 0 Å². The molecule has 6 heteroatoms. The van der Waals surface area contributed by atoms with Gasteiger partial charge in [-0.2, -0.15) is 0 Å². The van der Waals surface area contributed by atoms with Gasteiger partial charge in [0.25, 0.3) is 5.91 Å². The first-order valence-electron chi connectivity index (χ1n) is 7.08. The first-order chi connectivity index (χ1) is 10.0. The molecule has 1 aliphatic rings. The highest BCUT2D eigenvalue weighted by atomic mass is 79.9. The molecule has 0 saturated carbocycles. The molecule has 4 nitrogen and oxygen atoms in total. The highest BCUT2D eigenvalue weighted by Gasteiger charge is 2.27. The smallest absolute Gasteiger partial charge is 0.254 e. The van der Waals surface area contributed by atoms with Crippen molar-refractivity contribution >= 4 is 33.4 Å². The quantitative estimate of drug-likeness (QED) is 0.880. The summed E-state index contributed by atoms with van der Waals surface area (Å²) in [6.07, 6.45) is 1.88.